The number of amides is 1. The van der Waals surface area contributed by atoms with Crippen LogP contribution in [0.25, 0.3) is 33.7 Å². The molecule has 5 rings (SSSR count). The summed E-state index contributed by atoms with van der Waals surface area (Å²) in [7, 11) is 0. The maximum absolute atomic E-state index is 12.1. The zero-order valence-electron chi connectivity index (χ0n) is 18.8. The van der Waals surface area contributed by atoms with Crippen LogP contribution in [0.5, 0.6) is 0 Å². The molecule has 0 bridgehead atoms. The largest absolute Gasteiger partial charge is 0.455 e. The number of furan rings is 1. The molecule has 0 atom stereocenters. The number of nitrogens with one attached hydrogen (secondary N) is 1. The fourth-order valence-corrected chi connectivity index (χ4v) is 5.02. The number of unbranched alkanes of at least 4 members (excludes halogenated alkanes) is 1. The van der Waals surface area contributed by atoms with Gasteiger partial charge in [0.15, 0.2) is 11.0 Å². The van der Waals surface area contributed by atoms with E-state index < -0.39 is 5.91 Å². The lowest BCUT2D eigenvalue weighted by Crippen LogP contribution is -2.19. The highest BCUT2D eigenvalue weighted by atomic mass is 79.9. The number of primary amides is 1. The summed E-state index contributed by atoms with van der Waals surface area (Å²) in [5, 5.41) is 15.2. The van der Waals surface area contributed by atoms with Crippen LogP contribution in [-0.4, -0.2) is 36.1 Å². The van der Waals surface area contributed by atoms with Crippen molar-refractivity contribution < 1.29 is 9.21 Å². The average Bonchev–Trinajstić information content (AvgIpc) is 3.56. The van der Waals surface area contributed by atoms with Gasteiger partial charge >= 0.3 is 0 Å². The normalized spacial score (nSPS) is 11.4. The number of imidazole rings is 1. The number of benzene rings is 2. The lowest BCUT2D eigenvalue weighted by molar-refractivity contribution is 0.0991. The van der Waals surface area contributed by atoms with Gasteiger partial charge in [-0.1, -0.05) is 55.3 Å². The zero-order valence-corrected chi connectivity index (χ0v) is 21.1. The maximum Gasteiger partial charge on any atom is 0.268 e. The summed E-state index contributed by atoms with van der Waals surface area (Å²) in [6.45, 7) is 2.50. The van der Waals surface area contributed by atoms with Crippen LogP contribution in [0.15, 0.2) is 51.4 Å². The summed E-state index contributed by atoms with van der Waals surface area (Å²) in [6, 6.07) is 13.6. The summed E-state index contributed by atoms with van der Waals surface area (Å²) in [6.07, 6.45) is 2.64. The Balaban J connectivity index is 1.56. The monoisotopic (exact) mass is 553 g/mol. The van der Waals surface area contributed by atoms with Gasteiger partial charge in [0, 0.05) is 29.5 Å². The average molecular weight is 555 g/mol. The van der Waals surface area contributed by atoms with E-state index >= 15 is 0 Å². The van der Waals surface area contributed by atoms with Crippen molar-refractivity contribution in [1.82, 2.24) is 30.2 Å². The highest BCUT2D eigenvalue weighted by Crippen LogP contribution is 2.41. The van der Waals surface area contributed by atoms with E-state index in [1.165, 1.54) is 0 Å². The first-order chi connectivity index (χ1) is 17.0. The number of aromatic nitrogens is 6. The van der Waals surface area contributed by atoms with Crippen molar-refractivity contribution in [3.8, 4) is 22.7 Å². The van der Waals surface area contributed by atoms with Crippen LogP contribution in [0.3, 0.4) is 0 Å². The highest BCUT2D eigenvalue weighted by molar-refractivity contribution is 9.10. The van der Waals surface area contributed by atoms with Crippen LogP contribution in [0.2, 0.25) is 5.15 Å². The van der Waals surface area contributed by atoms with Crippen molar-refractivity contribution >= 4 is 44.4 Å². The van der Waals surface area contributed by atoms with E-state index in [1.54, 1.807) is 0 Å². The van der Waals surface area contributed by atoms with E-state index in [0.717, 1.165) is 45.2 Å². The van der Waals surface area contributed by atoms with Gasteiger partial charge in [0.2, 0.25) is 0 Å². The smallest absolute Gasteiger partial charge is 0.268 e. The predicted octanol–water partition coefficient (Wildman–Crippen LogP) is 5.38. The Hall–Kier alpha value is -3.50. The Morgan fingerprint density at radius 3 is 2.74 bits per heavy atom. The Bertz CT molecular complexity index is 1520. The predicted molar refractivity (Wildman–Crippen MR) is 136 cm³/mol. The molecule has 35 heavy (non-hydrogen) atoms. The van der Waals surface area contributed by atoms with Crippen LogP contribution in [0.1, 0.15) is 41.6 Å². The molecule has 0 fully saturated rings. The number of rotatable bonds is 8. The van der Waals surface area contributed by atoms with Gasteiger partial charge in [0.05, 0.1) is 4.47 Å². The fraction of sp³-hybridized carbons (Fsp3) is 0.208. The standard InChI is InChI=1S/C24H21BrClN7O2/c1-2-3-8-18-28-22(26)20(23(27)34)33(18)12-13-9-10-17-16(11-13)19(25)21(35-17)14-6-4-5-7-15(14)24-29-31-32-30-24/h4-7,9-11H,2-3,8,12H2,1H3,(H2,27,34)(H,29,30,31,32). The van der Waals surface area contributed by atoms with Crippen molar-refractivity contribution in [2.45, 2.75) is 32.7 Å². The molecular weight excluding hydrogens is 534 g/mol. The van der Waals surface area contributed by atoms with Gasteiger partial charge in [-0.05, 0) is 50.5 Å². The van der Waals surface area contributed by atoms with Gasteiger partial charge in [-0.2, -0.15) is 0 Å². The second kappa shape index (κ2) is 9.63. The molecule has 0 aliphatic carbocycles. The van der Waals surface area contributed by atoms with Crippen molar-refractivity contribution in [2.24, 2.45) is 5.73 Å². The van der Waals surface area contributed by atoms with Crippen LogP contribution >= 0.6 is 27.5 Å². The van der Waals surface area contributed by atoms with Gasteiger partial charge in [0.25, 0.3) is 5.91 Å². The van der Waals surface area contributed by atoms with Gasteiger partial charge in [-0.25, -0.2) is 10.1 Å². The Morgan fingerprint density at radius 2 is 2.03 bits per heavy atom. The number of aromatic amines is 1. The molecule has 3 N–H and O–H groups in total. The lowest BCUT2D eigenvalue weighted by Gasteiger charge is -2.11. The summed E-state index contributed by atoms with van der Waals surface area (Å²) < 4.78 is 8.84. The van der Waals surface area contributed by atoms with E-state index in [2.05, 4.69) is 48.5 Å². The molecule has 1 amide bonds. The van der Waals surface area contributed by atoms with Crippen molar-refractivity contribution in [3.05, 3.63) is 69.2 Å². The van der Waals surface area contributed by atoms with Crippen LogP contribution < -0.4 is 5.73 Å². The van der Waals surface area contributed by atoms with E-state index in [9.17, 15) is 4.79 Å². The topological polar surface area (TPSA) is 129 Å². The maximum atomic E-state index is 12.1. The molecule has 3 aromatic heterocycles. The minimum Gasteiger partial charge on any atom is -0.455 e. The van der Waals surface area contributed by atoms with E-state index in [4.69, 9.17) is 21.8 Å². The number of hydrogen-bond donors (Lipinski definition) is 2. The summed E-state index contributed by atoms with van der Waals surface area (Å²) >= 11 is 9.99. The molecular formula is C24H21BrClN7O2. The first kappa shape index (κ1) is 23.3. The third-order valence-corrected chi connectivity index (χ3v) is 6.85. The molecule has 0 spiro atoms. The number of carbonyl (C=O) groups excluding carboxylic acids is 1. The Morgan fingerprint density at radius 1 is 1.23 bits per heavy atom. The van der Waals surface area contributed by atoms with E-state index in [-0.39, 0.29) is 10.8 Å². The fourth-order valence-electron chi connectivity index (χ4n) is 4.13. The molecule has 5 aromatic rings. The summed E-state index contributed by atoms with van der Waals surface area (Å²) in [5.74, 6) is 1.35. The van der Waals surface area contributed by atoms with Crippen molar-refractivity contribution in [3.63, 3.8) is 0 Å². The highest BCUT2D eigenvalue weighted by Gasteiger charge is 2.22. The molecule has 0 saturated heterocycles. The quantitative estimate of drug-likeness (QED) is 0.265. The molecule has 2 aromatic carbocycles. The number of tetrazole rings is 1. The Labute approximate surface area is 213 Å². The number of nitrogens with two attached hydrogens (primary N) is 1. The van der Waals surface area contributed by atoms with Crippen molar-refractivity contribution in [2.75, 3.05) is 0 Å². The number of nitrogens with zero attached hydrogens (tertiary/aromatic N) is 5. The van der Waals surface area contributed by atoms with Gasteiger partial charge in [-0.3, -0.25) is 4.79 Å². The molecule has 0 aliphatic rings. The molecule has 178 valence electrons. The van der Waals surface area contributed by atoms with Crippen molar-refractivity contribution in [1.29, 1.82) is 0 Å². The number of H-pyrrole nitrogens is 1. The van der Waals surface area contributed by atoms with Gasteiger partial charge in [0.1, 0.15) is 22.9 Å². The Kier molecular flexibility index (Phi) is 6.40. The second-order valence-corrected chi connectivity index (χ2v) is 9.24. The van der Waals surface area contributed by atoms with Gasteiger partial charge in [-0.15, -0.1) is 5.10 Å². The number of carbonyl (C=O) groups is 1. The number of aryl methyl sites for hydroxylation is 1. The molecule has 0 radical (unpaired) electrons. The van der Waals surface area contributed by atoms with E-state index in [0.29, 0.717) is 30.1 Å². The van der Waals surface area contributed by atoms with Gasteiger partial charge < -0.3 is 14.7 Å². The number of fused-ring (bicyclic) bond motifs is 1. The summed E-state index contributed by atoms with van der Waals surface area (Å²) in [5.41, 5.74) is 9.17. The minimum absolute atomic E-state index is 0.134. The molecule has 9 nitrogen and oxygen atoms in total. The third kappa shape index (κ3) is 4.35. The first-order valence-electron chi connectivity index (χ1n) is 11.1. The third-order valence-electron chi connectivity index (χ3n) is 5.80. The molecule has 0 saturated carbocycles. The van der Waals surface area contributed by atoms with Crippen LogP contribution in [-0.2, 0) is 13.0 Å². The molecule has 0 aliphatic heterocycles. The van der Waals surface area contributed by atoms with E-state index in [1.807, 2.05) is 47.0 Å². The van der Waals surface area contributed by atoms with Crippen LogP contribution in [0, 0.1) is 0 Å². The second-order valence-electron chi connectivity index (χ2n) is 8.09. The minimum atomic E-state index is -0.600. The zero-order chi connectivity index (χ0) is 24.5. The molecule has 0 unspecified atom stereocenters. The molecule has 3 heterocycles. The first-order valence-corrected chi connectivity index (χ1v) is 12.2. The SMILES string of the molecule is CCCCc1nc(Cl)c(C(N)=O)n1Cc1ccc2oc(-c3ccccc3-c3nnn[nH]3)c(Br)c2c1. The summed E-state index contributed by atoms with van der Waals surface area (Å²) in [4.78, 5) is 16.5. The lowest BCUT2D eigenvalue weighted by atomic mass is 10.0. The molecule has 11 heteroatoms. The van der Waals surface area contributed by atoms with Crippen LogP contribution in [0.4, 0.5) is 0 Å². The number of hydrogen-bond acceptors (Lipinski definition) is 6. The number of halogens is 2.